The average molecular weight is 162 g/mol. The van der Waals surface area contributed by atoms with Crippen LogP contribution >= 0.6 is 11.6 Å². The first-order valence-corrected chi connectivity index (χ1v) is 3.95. The van der Waals surface area contributed by atoms with Crippen molar-refractivity contribution < 1.29 is 5.21 Å². The fraction of sp³-hybridized carbons (Fsp3) is 0.857. The lowest BCUT2D eigenvalue weighted by Gasteiger charge is -2.19. The number of rotatable bonds is 1. The van der Waals surface area contributed by atoms with Crippen LogP contribution in [0.4, 0.5) is 0 Å². The van der Waals surface area contributed by atoms with E-state index in [4.69, 9.17) is 16.8 Å². The van der Waals surface area contributed by atoms with Crippen molar-refractivity contribution in [2.75, 3.05) is 0 Å². The van der Waals surface area contributed by atoms with Gasteiger partial charge in [-0.05, 0) is 12.8 Å². The summed E-state index contributed by atoms with van der Waals surface area (Å²) in [6.07, 6.45) is 4.50. The van der Waals surface area contributed by atoms with Gasteiger partial charge >= 0.3 is 0 Å². The zero-order chi connectivity index (χ0) is 7.61. The van der Waals surface area contributed by atoms with E-state index in [1.54, 1.807) is 0 Å². The highest BCUT2D eigenvalue weighted by Gasteiger charge is 2.33. The van der Waals surface area contributed by atoms with E-state index in [2.05, 4.69) is 5.16 Å². The number of oxime groups is 1. The maximum absolute atomic E-state index is 8.42. The highest BCUT2D eigenvalue weighted by atomic mass is 35.5. The molecule has 58 valence electrons. The molecule has 0 aliphatic heterocycles. The van der Waals surface area contributed by atoms with Gasteiger partial charge in [0.15, 0.2) is 5.17 Å². The van der Waals surface area contributed by atoms with E-state index in [-0.39, 0.29) is 5.41 Å². The van der Waals surface area contributed by atoms with Gasteiger partial charge in [-0.15, -0.1) is 0 Å². The summed E-state index contributed by atoms with van der Waals surface area (Å²) < 4.78 is 0. The Bertz CT molecular complexity index is 150. The SMILES string of the molecule is CC1(/C(Cl)=N/O)CCCC1. The number of nitrogens with zero attached hydrogens (tertiary/aromatic N) is 1. The first kappa shape index (κ1) is 7.86. The molecule has 1 fully saturated rings. The van der Waals surface area contributed by atoms with Crippen LogP contribution < -0.4 is 0 Å². The third-order valence-electron chi connectivity index (χ3n) is 2.29. The molecule has 0 aromatic carbocycles. The second-order valence-electron chi connectivity index (χ2n) is 3.16. The Labute approximate surface area is 65.9 Å². The van der Waals surface area contributed by atoms with Crippen LogP contribution in [0.2, 0.25) is 0 Å². The number of hydrogen-bond acceptors (Lipinski definition) is 2. The lowest BCUT2D eigenvalue weighted by Crippen LogP contribution is -2.19. The molecular formula is C7H12ClNO. The van der Waals surface area contributed by atoms with Crippen LogP contribution in [0.3, 0.4) is 0 Å². The van der Waals surface area contributed by atoms with E-state index in [9.17, 15) is 0 Å². The van der Waals surface area contributed by atoms with Gasteiger partial charge < -0.3 is 5.21 Å². The van der Waals surface area contributed by atoms with Crippen molar-refractivity contribution in [3.05, 3.63) is 0 Å². The lowest BCUT2D eigenvalue weighted by atomic mass is 9.90. The summed E-state index contributed by atoms with van der Waals surface area (Å²) >= 11 is 5.71. The normalized spacial score (nSPS) is 25.2. The highest BCUT2D eigenvalue weighted by molar-refractivity contribution is 6.66. The molecule has 0 spiro atoms. The molecule has 1 rings (SSSR count). The van der Waals surface area contributed by atoms with Crippen LogP contribution in [0.1, 0.15) is 32.6 Å². The monoisotopic (exact) mass is 161 g/mol. The second-order valence-corrected chi connectivity index (χ2v) is 3.52. The fourth-order valence-corrected chi connectivity index (χ4v) is 1.67. The van der Waals surface area contributed by atoms with Crippen LogP contribution in [0.25, 0.3) is 0 Å². The molecule has 0 aromatic heterocycles. The van der Waals surface area contributed by atoms with Gasteiger partial charge in [-0.3, -0.25) is 0 Å². The molecule has 0 bridgehead atoms. The molecule has 1 aliphatic rings. The smallest absolute Gasteiger partial charge is 0.151 e. The summed E-state index contributed by atoms with van der Waals surface area (Å²) in [4.78, 5) is 0. The molecule has 0 amide bonds. The van der Waals surface area contributed by atoms with Gasteiger partial charge in [-0.25, -0.2) is 0 Å². The molecule has 0 radical (unpaired) electrons. The van der Waals surface area contributed by atoms with E-state index in [0.29, 0.717) is 5.17 Å². The molecule has 0 heterocycles. The molecule has 1 saturated carbocycles. The molecular weight excluding hydrogens is 150 g/mol. The standard InChI is InChI=1S/C7H12ClNO/c1-7(6(8)9-10)4-2-3-5-7/h10H,2-5H2,1H3/b9-6-. The zero-order valence-corrected chi connectivity index (χ0v) is 6.86. The van der Waals surface area contributed by atoms with Crippen LogP contribution in [0.15, 0.2) is 5.16 Å². The minimum absolute atomic E-state index is 0.0314. The first-order chi connectivity index (χ1) is 4.69. The second kappa shape index (κ2) is 2.79. The van der Waals surface area contributed by atoms with E-state index in [1.165, 1.54) is 12.8 Å². The average Bonchev–Trinajstić information content (AvgIpc) is 2.36. The van der Waals surface area contributed by atoms with Crippen molar-refractivity contribution in [1.82, 2.24) is 0 Å². The van der Waals surface area contributed by atoms with Gasteiger partial charge in [0.2, 0.25) is 0 Å². The first-order valence-electron chi connectivity index (χ1n) is 3.57. The van der Waals surface area contributed by atoms with Crippen molar-refractivity contribution in [1.29, 1.82) is 0 Å². The number of hydrogen-bond donors (Lipinski definition) is 1. The van der Waals surface area contributed by atoms with Gasteiger partial charge in [0.05, 0.1) is 0 Å². The van der Waals surface area contributed by atoms with Crippen LogP contribution in [-0.2, 0) is 0 Å². The molecule has 2 nitrogen and oxygen atoms in total. The van der Waals surface area contributed by atoms with Gasteiger partial charge in [0.1, 0.15) is 0 Å². The molecule has 3 heteroatoms. The third-order valence-corrected chi connectivity index (χ3v) is 2.82. The lowest BCUT2D eigenvalue weighted by molar-refractivity contribution is 0.310. The predicted molar refractivity (Wildman–Crippen MR) is 41.6 cm³/mol. The van der Waals surface area contributed by atoms with E-state index >= 15 is 0 Å². The fourth-order valence-electron chi connectivity index (χ4n) is 1.48. The van der Waals surface area contributed by atoms with Crippen molar-refractivity contribution in [2.45, 2.75) is 32.6 Å². The molecule has 0 atom stereocenters. The topological polar surface area (TPSA) is 32.6 Å². The van der Waals surface area contributed by atoms with Gasteiger partial charge in [-0.2, -0.15) is 0 Å². The molecule has 1 N–H and O–H groups in total. The summed E-state index contributed by atoms with van der Waals surface area (Å²) in [6, 6.07) is 0. The summed E-state index contributed by atoms with van der Waals surface area (Å²) in [5.74, 6) is 0. The predicted octanol–water partition coefficient (Wildman–Crippen LogP) is 2.59. The minimum atomic E-state index is -0.0314. The molecule has 10 heavy (non-hydrogen) atoms. The summed E-state index contributed by atoms with van der Waals surface area (Å²) in [5.41, 5.74) is -0.0314. The Hall–Kier alpha value is -0.240. The highest BCUT2D eigenvalue weighted by Crippen LogP contribution is 2.39. The Balaban J connectivity index is 2.67. The molecule has 0 saturated heterocycles. The van der Waals surface area contributed by atoms with Gasteiger partial charge in [-0.1, -0.05) is 36.5 Å². The van der Waals surface area contributed by atoms with Crippen molar-refractivity contribution in [3.8, 4) is 0 Å². The van der Waals surface area contributed by atoms with Crippen molar-refractivity contribution in [3.63, 3.8) is 0 Å². The number of halogens is 1. The summed E-state index contributed by atoms with van der Waals surface area (Å²) in [5, 5.41) is 11.8. The molecule has 1 aliphatic carbocycles. The Kier molecular flexibility index (Phi) is 2.19. The Morgan fingerprint density at radius 2 is 2.00 bits per heavy atom. The minimum Gasteiger partial charge on any atom is -0.410 e. The van der Waals surface area contributed by atoms with E-state index in [0.717, 1.165) is 12.8 Å². The Morgan fingerprint density at radius 3 is 2.40 bits per heavy atom. The maximum Gasteiger partial charge on any atom is 0.151 e. The van der Waals surface area contributed by atoms with Gasteiger partial charge in [0.25, 0.3) is 0 Å². The largest absolute Gasteiger partial charge is 0.410 e. The van der Waals surface area contributed by atoms with Gasteiger partial charge in [0, 0.05) is 5.41 Å². The van der Waals surface area contributed by atoms with E-state index < -0.39 is 0 Å². The summed E-state index contributed by atoms with van der Waals surface area (Å²) in [6.45, 7) is 2.04. The third kappa shape index (κ3) is 1.26. The van der Waals surface area contributed by atoms with Crippen LogP contribution in [0.5, 0.6) is 0 Å². The van der Waals surface area contributed by atoms with Crippen molar-refractivity contribution >= 4 is 16.8 Å². The molecule has 0 aromatic rings. The summed E-state index contributed by atoms with van der Waals surface area (Å²) in [7, 11) is 0. The zero-order valence-electron chi connectivity index (χ0n) is 6.10. The van der Waals surface area contributed by atoms with Crippen molar-refractivity contribution in [2.24, 2.45) is 10.6 Å². The van der Waals surface area contributed by atoms with Crippen LogP contribution in [-0.4, -0.2) is 10.4 Å². The maximum atomic E-state index is 8.42. The quantitative estimate of drug-likeness (QED) is 0.358. The Morgan fingerprint density at radius 1 is 1.50 bits per heavy atom. The van der Waals surface area contributed by atoms with Crippen LogP contribution in [0, 0.1) is 5.41 Å². The van der Waals surface area contributed by atoms with E-state index in [1.807, 2.05) is 6.92 Å². The molecule has 0 unspecified atom stereocenters.